The molecule has 0 saturated heterocycles. The fraction of sp³-hybridized carbons (Fsp3) is 0.222. The molecule has 2 nitrogen and oxygen atoms in total. The van der Waals surface area contributed by atoms with E-state index in [0.717, 1.165) is 6.07 Å². The van der Waals surface area contributed by atoms with E-state index in [4.69, 9.17) is 16.9 Å². The molecule has 0 bridgehead atoms. The molecule has 0 heterocycles. The zero-order valence-corrected chi connectivity index (χ0v) is 8.03. The van der Waals surface area contributed by atoms with E-state index < -0.39 is 16.7 Å². The fourth-order valence-corrected chi connectivity index (χ4v) is 1.20. The third-order valence-corrected chi connectivity index (χ3v) is 2.01. The molecule has 0 amide bonds. The minimum Gasteiger partial charge on any atom is -0.493 e. The summed E-state index contributed by atoms with van der Waals surface area (Å²) in [5.74, 6) is -2.05. The summed E-state index contributed by atoms with van der Waals surface area (Å²) in [6.45, 7) is 0. The molecule has 14 heavy (non-hydrogen) atoms. The van der Waals surface area contributed by atoms with Gasteiger partial charge in [-0.3, -0.25) is 0 Å². The van der Waals surface area contributed by atoms with Gasteiger partial charge in [-0.25, -0.2) is 8.78 Å². The predicted molar refractivity (Wildman–Crippen MR) is 47.2 cm³/mol. The largest absolute Gasteiger partial charge is 0.493 e. The van der Waals surface area contributed by atoms with E-state index in [1.807, 2.05) is 0 Å². The molecular formula is C9H6ClF2NO. The summed E-state index contributed by atoms with van der Waals surface area (Å²) in [7, 11) is 1.23. The molecule has 0 aliphatic carbocycles. The van der Waals surface area contributed by atoms with Crippen molar-refractivity contribution in [3.8, 4) is 11.8 Å². The van der Waals surface area contributed by atoms with Gasteiger partial charge in [-0.15, -0.1) is 0 Å². The molecule has 0 unspecified atom stereocenters. The lowest BCUT2D eigenvalue weighted by molar-refractivity contribution is 0.380. The molecule has 0 aliphatic heterocycles. The highest BCUT2D eigenvalue weighted by Gasteiger charge is 2.17. The Hall–Kier alpha value is -1.34. The number of hydrogen-bond acceptors (Lipinski definition) is 2. The third kappa shape index (κ3) is 1.78. The molecule has 0 saturated carbocycles. The minimum absolute atomic E-state index is 0.131. The van der Waals surface area contributed by atoms with Gasteiger partial charge in [-0.05, 0) is 6.07 Å². The molecule has 0 N–H and O–H groups in total. The summed E-state index contributed by atoms with van der Waals surface area (Å²) in [6, 6.07) is 2.77. The molecule has 74 valence electrons. The van der Waals surface area contributed by atoms with Gasteiger partial charge >= 0.3 is 0 Å². The molecule has 0 atom stereocenters. The van der Waals surface area contributed by atoms with Crippen LogP contribution in [-0.4, -0.2) is 7.11 Å². The van der Waals surface area contributed by atoms with Crippen molar-refractivity contribution >= 4 is 11.6 Å². The Kier molecular flexibility index (Phi) is 3.26. The van der Waals surface area contributed by atoms with Crippen molar-refractivity contribution in [2.24, 2.45) is 0 Å². The third-order valence-electron chi connectivity index (χ3n) is 1.67. The normalized spacial score (nSPS) is 9.64. The number of nitriles is 1. The number of methoxy groups -OCH3 is 1. The van der Waals surface area contributed by atoms with Crippen molar-refractivity contribution in [3.05, 3.63) is 28.3 Å². The topological polar surface area (TPSA) is 33.0 Å². The standard InChI is InChI=1S/C9H6ClF2NO/c1-14-9-5(2-3-13)4-6(11)7(10)8(9)12/h4H,2H2,1H3. The molecule has 0 radical (unpaired) electrons. The lowest BCUT2D eigenvalue weighted by atomic mass is 10.1. The molecule has 1 aromatic carbocycles. The molecule has 1 rings (SSSR count). The van der Waals surface area contributed by atoms with Gasteiger partial charge in [0.15, 0.2) is 11.6 Å². The quantitative estimate of drug-likeness (QED) is 0.714. The van der Waals surface area contributed by atoms with Gasteiger partial charge in [-0.2, -0.15) is 5.26 Å². The highest BCUT2D eigenvalue weighted by atomic mass is 35.5. The molecule has 0 aromatic heterocycles. The van der Waals surface area contributed by atoms with Crippen LogP contribution in [0.15, 0.2) is 6.07 Å². The van der Waals surface area contributed by atoms with Crippen LogP contribution >= 0.6 is 11.6 Å². The van der Waals surface area contributed by atoms with Gasteiger partial charge in [0.1, 0.15) is 10.8 Å². The first-order valence-corrected chi connectivity index (χ1v) is 4.07. The molecule has 1 aromatic rings. The Bertz CT molecular complexity index is 401. The van der Waals surface area contributed by atoms with Crippen LogP contribution in [0.5, 0.6) is 5.75 Å². The van der Waals surface area contributed by atoms with Gasteiger partial charge < -0.3 is 4.74 Å². The highest BCUT2D eigenvalue weighted by molar-refractivity contribution is 6.31. The van der Waals surface area contributed by atoms with Crippen LogP contribution in [0.25, 0.3) is 0 Å². The minimum atomic E-state index is -0.973. The number of hydrogen-bond donors (Lipinski definition) is 0. The SMILES string of the molecule is COc1c(CC#N)cc(F)c(Cl)c1F. The highest BCUT2D eigenvalue weighted by Crippen LogP contribution is 2.31. The smallest absolute Gasteiger partial charge is 0.186 e. The van der Waals surface area contributed by atoms with Gasteiger partial charge in [0.25, 0.3) is 0 Å². The molecule has 5 heteroatoms. The number of rotatable bonds is 2. The molecule has 0 fully saturated rings. The van der Waals surface area contributed by atoms with E-state index >= 15 is 0 Å². The maximum absolute atomic E-state index is 13.2. The van der Waals surface area contributed by atoms with E-state index in [1.54, 1.807) is 6.07 Å². The van der Waals surface area contributed by atoms with Crippen molar-refractivity contribution in [1.82, 2.24) is 0 Å². The Labute approximate surface area is 84.7 Å². The van der Waals surface area contributed by atoms with Crippen molar-refractivity contribution in [2.75, 3.05) is 7.11 Å². The summed E-state index contributed by atoms with van der Waals surface area (Å²) in [5, 5.41) is 7.79. The Morgan fingerprint density at radius 1 is 1.57 bits per heavy atom. The van der Waals surface area contributed by atoms with E-state index in [2.05, 4.69) is 4.74 Å². The number of benzene rings is 1. The van der Waals surface area contributed by atoms with Crippen molar-refractivity contribution < 1.29 is 13.5 Å². The Balaban J connectivity index is 3.37. The van der Waals surface area contributed by atoms with Crippen molar-refractivity contribution in [1.29, 1.82) is 5.26 Å². The summed E-state index contributed by atoms with van der Waals surface area (Å²) in [5.41, 5.74) is 0.148. The first kappa shape index (κ1) is 10.7. The van der Waals surface area contributed by atoms with E-state index in [0.29, 0.717) is 0 Å². The van der Waals surface area contributed by atoms with Gasteiger partial charge in [0.2, 0.25) is 0 Å². The second-order valence-corrected chi connectivity index (χ2v) is 2.89. The van der Waals surface area contributed by atoms with Crippen LogP contribution in [-0.2, 0) is 6.42 Å². The zero-order chi connectivity index (χ0) is 10.7. The fourth-order valence-electron chi connectivity index (χ4n) is 1.06. The first-order valence-electron chi connectivity index (χ1n) is 3.69. The lowest BCUT2D eigenvalue weighted by Crippen LogP contribution is -1.98. The van der Waals surface area contributed by atoms with Crippen molar-refractivity contribution in [2.45, 2.75) is 6.42 Å². The van der Waals surface area contributed by atoms with Gasteiger partial charge in [-0.1, -0.05) is 11.6 Å². The second-order valence-electron chi connectivity index (χ2n) is 2.51. The number of nitrogens with zero attached hydrogens (tertiary/aromatic N) is 1. The van der Waals surface area contributed by atoms with Crippen LogP contribution in [0.3, 0.4) is 0 Å². The van der Waals surface area contributed by atoms with Crippen LogP contribution < -0.4 is 4.74 Å². The van der Waals surface area contributed by atoms with Gasteiger partial charge in [0.05, 0.1) is 19.6 Å². The molecular weight excluding hydrogens is 212 g/mol. The first-order chi connectivity index (χ1) is 6.61. The van der Waals surface area contributed by atoms with Crippen LogP contribution in [0, 0.1) is 23.0 Å². The van der Waals surface area contributed by atoms with Crippen LogP contribution in [0.1, 0.15) is 5.56 Å². The summed E-state index contributed by atoms with van der Waals surface area (Å²) in [6.07, 6.45) is -0.131. The molecule has 0 aliphatic rings. The maximum Gasteiger partial charge on any atom is 0.186 e. The zero-order valence-electron chi connectivity index (χ0n) is 7.27. The average Bonchev–Trinajstić information content (AvgIpc) is 2.16. The molecule has 0 spiro atoms. The van der Waals surface area contributed by atoms with E-state index in [1.165, 1.54) is 7.11 Å². The predicted octanol–water partition coefficient (Wildman–Crippen LogP) is 2.69. The Morgan fingerprint density at radius 2 is 2.21 bits per heavy atom. The number of ether oxygens (including phenoxy) is 1. The van der Waals surface area contributed by atoms with Crippen LogP contribution in [0.2, 0.25) is 5.02 Å². The summed E-state index contributed by atoms with van der Waals surface area (Å²) >= 11 is 5.32. The van der Waals surface area contributed by atoms with Gasteiger partial charge in [0, 0.05) is 5.56 Å². The van der Waals surface area contributed by atoms with E-state index in [9.17, 15) is 8.78 Å². The van der Waals surface area contributed by atoms with Crippen LogP contribution in [0.4, 0.5) is 8.78 Å². The Morgan fingerprint density at radius 3 is 2.71 bits per heavy atom. The lowest BCUT2D eigenvalue weighted by Gasteiger charge is -2.08. The number of halogens is 3. The second kappa shape index (κ2) is 4.25. The average molecular weight is 218 g/mol. The summed E-state index contributed by atoms with van der Waals surface area (Å²) in [4.78, 5) is 0. The van der Waals surface area contributed by atoms with Crippen molar-refractivity contribution in [3.63, 3.8) is 0 Å². The monoisotopic (exact) mass is 217 g/mol. The van der Waals surface area contributed by atoms with E-state index in [-0.39, 0.29) is 17.7 Å². The summed E-state index contributed by atoms with van der Waals surface area (Å²) < 4.78 is 30.9. The maximum atomic E-state index is 13.2.